The molecule has 0 bridgehead atoms. The first-order valence-corrected chi connectivity index (χ1v) is 45.0. The summed E-state index contributed by atoms with van der Waals surface area (Å²) < 4.78 is 68.6. The fraction of sp³-hybridized carbons (Fsp3) is 0.951. The summed E-state index contributed by atoms with van der Waals surface area (Å²) in [4.78, 5) is 72.9. The molecule has 0 spiro atoms. The average Bonchev–Trinajstić information content (AvgIpc) is 0.916. The Labute approximate surface area is 613 Å². The van der Waals surface area contributed by atoms with Crippen LogP contribution in [-0.4, -0.2) is 96.7 Å². The lowest BCUT2D eigenvalue weighted by atomic mass is 10.0. The minimum Gasteiger partial charge on any atom is -0.462 e. The Bertz CT molecular complexity index is 1920. The van der Waals surface area contributed by atoms with Crippen molar-refractivity contribution in [3.8, 4) is 0 Å². The number of ether oxygens (including phenoxy) is 4. The molecule has 0 aromatic heterocycles. The van der Waals surface area contributed by atoms with E-state index in [9.17, 15) is 43.2 Å². The van der Waals surface area contributed by atoms with Gasteiger partial charge in [0.15, 0.2) is 12.2 Å². The van der Waals surface area contributed by atoms with Crippen LogP contribution in [0.25, 0.3) is 0 Å². The van der Waals surface area contributed by atoms with E-state index < -0.39 is 97.5 Å². The van der Waals surface area contributed by atoms with Crippen LogP contribution in [0.5, 0.6) is 0 Å². The van der Waals surface area contributed by atoms with Crippen molar-refractivity contribution in [3.63, 3.8) is 0 Å². The third-order valence-electron chi connectivity index (χ3n) is 19.0. The highest BCUT2D eigenvalue weighted by atomic mass is 31.2. The minimum absolute atomic E-state index is 0.107. The number of hydrogen-bond donors (Lipinski definition) is 3. The van der Waals surface area contributed by atoms with Crippen LogP contribution in [0, 0.1) is 11.8 Å². The smallest absolute Gasteiger partial charge is 0.462 e. The molecule has 0 aliphatic heterocycles. The van der Waals surface area contributed by atoms with E-state index in [4.69, 9.17) is 37.0 Å². The van der Waals surface area contributed by atoms with Gasteiger partial charge in [-0.15, -0.1) is 0 Å². The number of unbranched alkanes of at least 4 members (excludes halogenated alkanes) is 50. The molecule has 3 N–H and O–H groups in total. The summed E-state index contributed by atoms with van der Waals surface area (Å²) in [5, 5.41) is 10.6. The molecule has 2 unspecified atom stereocenters. The zero-order valence-electron chi connectivity index (χ0n) is 65.5. The van der Waals surface area contributed by atoms with Crippen LogP contribution >= 0.6 is 15.6 Å². The molecule has 5 atom stereocenters. The molecule has 0 radical (unpaired) electrons. The van der Waals surface area contributed by atoms with Crippen molar-refractivity contribution < 1.29 is 80.2 Å². The highest BCUT2D eigenvalue weighted by Gasteiger charge is 2.30. The van der Waals surface area contributed by atoms with Gasteiger partial charge in [0.25, 0.3) is 0 Å². The van der Waals surface area contributed by atoms with E-state index in [1.54, 1.807) is 0 Å². The van der Waals surface area contributed by atoms with Crippen molar-refractivity contribution >= 4 is 39.5 Å². The summed E-state index contributed by atoms with van der Waals surface area (Å²) in [6.07, 6.45) is 62.6. The van der Waals surface area contributed by atoms with Gasteiger partial charge in [0.2, 0.25) is 0 Å². The van der Waals surface area contributed by atoms with E-state index in [-0.39, 0.29) is 25.7 Å². The summed E-state index contributed by atoms with van der Waals surface area (Å²) in [6.45, 7) is 9.67. The van der Waals surface area contributed by atoms with E-state index in [2.05, 4.69) is 41.5 Å². The maximum absolute atomic E-state index is 13.1. The van der Waals surface area contributed by atoms with Crippen LogP contribution in [-0.2, 0) is 65.4 Å². The molecule has 0 aliphatic carbocycles. The second-order valence-corrected chi connectivity index (χ2v) is 33.0. The maximum Gasteiger partial charge on any atom is 0.472 e. The average molecular weight is 1470 g/mol. The lowest BCUT2D eigenvalue weighted by molar-refractivity contribution is -0.161. The summed E-state index contributed by atoms with van der Waals surface area (Å²) >= 11 is 0. The second-order valence-electron chi connectivity index (χ2n) is 30.1. The summed E-state index contributed by atoms with van der Waals surface area (Å²) in [6, 6.07) is 0. The van der Waals surface area contributed by atoms with Crippen molar-refractivity contribution in [2.24, 2.45) is 11.8 Å². The summed E-state index contributed by atoms with van der Waals surface area (Å²) in [7, 11) is -9.91. The number of rotatable bonds is 80. The topological polar surface area (TPSA) is 237 Å². The van der Waals surface area contributed by atoms with Crippen molar-refractivity contribution in [2.45, 2.75) is 445 Å². The second kappa shape index (κ2) is 72.6. The van der Waals surface area contributed by atoms with Gasteiger partial charge in [-0.3, -0.25) is 37.3 Å². The Kier molecular flexibility index (Phi) is 71.2. The van der Waals surface area contributed by atoms with Gasteiger partial charge in [-0.2, -0.15) is 0 Å². The van der Waals surface area contributed by atoms with Gasteiger partial charge >= 0.3 is 39.5 Å². The fourth-order valence-electron chi connectivity index (χ4n) is 12.5. The number of phosphoric acid groups is 2. The number of esters is 4. The van der Waals surface area contributed by atoms with E-state index in [0.717, 1.165) is 108 Å². The minimum atomic E-state index is -4.96. The highest BCUT2D eigenvalue weighted by molar-refractivity contribution is 7.47. The molecule has 0 fully saturated rings. The molecule has 0 aliphatic rings. The van der Waals surface area contributed by atoms with Gasteiger partial charge in [-0.1, -0.05) is 375 Å². The van der Waals surface area contributed by atoms with Gasteiger partial charge in [-0.05, 0) is 37.5 Å². The molecule has 0 saturated carbocycles. The normalized spacial score (nSPS) is 13.9. The van der Waals surface area contributed by atoms with Crippen LogP contribution in [0.3, 0.4) is 0 Å². The van der Waals surface area contributed by atoms with Crippen LogP contribution in [0.1, 0.15) is 427 Å². The number of aliphatic hydroxyl groups is 1. The first-order valence-electron chi connectivity index (χ1n) is 42.0. The lowest BCUT2D eigenvalue weighted by Gasteiger charge is -2.21. The predicted molar refractivity (Wildman–Crippen MR) is 409 cm³/mol. The van der Waals surface area contributed by atoms with Gasteiger partial charge in [-0.25, -0.2) is 9.13 Å². The lowest BCUT2D eigenvalue weighted by Crippen LogP contribution is -2.30. The largest absolute Gasteiger partial charge is 0.472 e. The van der Waals surface area contributed by atoms with E-state index in [1.165, 1.54) is 238 Å². The van der Waals surface area contributed by atoms with Crippen LogP contribution in [0.4, 0.5) is 0 Å². The molecule has 19 heteroatoms. The molecular formula is C81H158O17P2. The highest BCUT2D eigenvalue weighted by Crippen LogP contribution is 2.45. The first-order chi connectivity index (χ1) is 48.4. The van der Waals surface area contributed by atoms with E-state index in [0.29, 0.717) is 25.7 Å². The molecule has 0 saturated heterocycles. The molecule has 0 aromatic carbocycles. The monoisotopic (exact) mass is 1470 g/mol. The Morgan fingerprint density at radius 1 is 0.270 bits per heavy atom. The van der Waals surface area contributed by atoms with Crippen LogP contribution < -0.4 is 0 Å². The Balaban J connectivity index is 5.18. The summed E-state index contributed by atoms with van der Waals surface area (Å²) in [5.41, 5.74) is 0. The molecule has 594 valence electrons. The molecule has 0 aromatic rings. The maximum atomic E-state index is 13.1. The van der Waals surface area contributed by atoms with Crippen LogP contribution in [0.2, 0.25) is 0 Å². The number of aliphatic hydroxyl groups excluding tert-OH is 1. The molecule has 17 nitrogen and oxygen atoms in total. The predicted octanol–water partition coefficient (Wildman–Crippen LogP) is 24.3. The van der Waals surface area contributed by atoms with Gasteiger partial charge in [0.05, 0.1) is 26.4 Å². The third kappa shape index (κ3) is 74.3. The third-order valence-corrected chi connectivity index (χ3v) is 20.9. The zero-order chi connectivity index (χ0) is 73.5. The molecular weight excluding hydrogens is 1310 g/mol. The zero-order valence-corrected chi connectivity index (χ0v) is 67.3. The molecule has 0 amide bonds. The quantitative estimate of drug-likeness (QED) is 0.0222. The Morgan fingerprint density at radius 3 is 0.680 bits per heavy atom. The van der Waals surface area contributed by atoms with Gasteiger partial charge < -0.3 is 33.8 Å². The fourth-order valence-corrected chi connectivity index (χ4v) is 14.1. The van der Waals surface area contributed by atoms with Gasteiger partial charge in [0, 0.05) is 25.7 Å². The van der Waals surface area contributed by atoms with E-state index >= 15 is 0 Å². The van der Waals surface area contributed by atoms with E-state index in [1.807, 2.05) is 0 Å². The van der Waals surface area contributed by atoms with Crippen molar-refractivity contribution in [3.05, 3.63) is 0 Å². The first kappa shape index (κ1) is 98.1. The molecule has 0 rings (SSSR count). The summed E-state index contributed by atoms with van der Waals surface area (Å²) in [5.74, 6) is -0.478. The van der Waals surface area contributed by atoms with Crippen molar-refractivity contribution in [1.29, 1.82) is 0 Å². The number of phosphoric ester groups is 2. The van der Waals surface area contributed by atoms with Gasteiger partial charge in [0.1, 0.15) is 19.3 Å². The SMILES string of the molecule is CCCCCCCCCCCCCCC(=O)O[C@H](COC(=O)CCCCCCCCCC)COP(=O)(O)OC[C@H](O)COP(=O)(O)OC[C@@H](COC(=O)CCCCCCCCCCCCCCCCCCC(C)C)OC(=O)CCCCCCCCCCCCCCCCCCCCC(C)C. The number of carbonyl (C=O) groups is 4. The number of carbonyl (C=O) groups excluding carboxylic acids is 4. The van der Waals surface area contributed by atoms with Crippen LogP contribution in [0.15, 0.2) is 0 Å². The Morgan fingerprint density at radius 2 is 0.460 bits per heavy atom. The van der Waals surface area contributed by atoms with Crippen molar-refractivity contribution in [1.82, 2.24) is 0 Å². The Hall–Kier alpha value is -1.94. The molecule has 100 heavy (non-hydrogen) atoms. The molecule has 0 heterocycles. The number of hydrogen-bond acceptors (Lipinski definition) is 15. The van der Waals surface area contributed by atoms with Crippen molar-refractivity contribution in [2.75, 3.05) is 39.6 Å². The standard InChI is InChI=1S/C81H158O17P2/c1-7-9-11-13-15-17-18-35-41-47-53-59-65-80(85)97-76(69-91-78(83)63-57-51-45-16-14-12-10-8-2)71-95-99(87,88)93-67-75(82)68-94-100(89,90)96-72-77(70-92-79(84)64-58-52-46-40-36-31-27-24-23-26-30-34-39-44-50-56-62-74(5)6)98-81(86)66-60-54-48-42-37-32-28-22-20-19-21-25-29-33-38-43-49-55-61-73(3)4/h73-77,82H,7-72H2,1-6H3,(H,87,88)(H,89,90)/t75-,76+,77+/m0/s1.